The summed E-state index contributed by atoms with van der Waals surface area (Å²) in [7, 11) is 0. The highest BCUT2D eigenvalue weighted by atomic mass is 14.7. The van der Waals surface area contributed by atoms with Crippen LogP contribution in [0.3, 0.4) is 0 Å². The van der Waals surface area contributed by atoms with Crippen molar-refractivity contribution in [2.75, 3.05) is 0 Å². The molecule has 11 heavy (non-hydrogen) atoms. The van der Waals surface area contributed by atoms with Crippen LogP contribution in [0.2, 0.25) is 0 Å². The molecule has 0 aliphatic heterocycles. The van der Waals surface area contributed by atoms with Crippen LogP contribution in [0, 0.1) is 22.7 Å². The van der Waals surface area contributed by atoms with Crippen molar-refractivity contribution in [1.82, 2.24) is 0 Å². The Bertz CT molecular complexity index is 273. The lowest BCUT2D eigenvalue weighted by molar-refractivity contribution is 1.21. The molecule has 0 bridgehead atoms. The van der Waals surface area contributed by atoms with Gasteiger partial charge in [-0.1, -0.05) is 12.7 Å². The monoisotopic (exact) mass is 145 g/mol. The van der Waals surface area contributed by atoms with Crippen molar-refractivity contribution in [3.05, 3.63) is 23.9 Å². The molecule has 0 aliphatic rings. The third-order valence-electron chi connectivity index (χ3n) is 1.08. The molecule has 3 nitrogen and oxygen atoms in total. The van der Waals surface area contributed by atoms with Gasteiger partial charge in [0.25, 0.3) is 0 Å². The Morgan fingerprint density at radius 1 is 1.55 bits per heavy atom. The van der Waals surface area contributed by atoms with Crippen molar-refractivity contribution in [3.63, 3.8) is 0 Å². The number of rotatable bonds is 3. The average Bonchev–Trinajstić information content (AvgIpc) is 2.05. The number of nitrogens with zero attached hydrogens (tertiary/aromatic N) is 3. The van der Waals surface area contributed by atoms with E-state index in [-0.39, 0.29) is 12.1 Å². The molecule has 0 amide bonds. The molecule has 0 fully saturated rings. The fourth-order valence-corrected chi connectivity index (χ4v) is 0.546. The number of nitriles is 2. The minimum atomic E-state index is 0.144. The van der Waals surface area contributed by atoms with Crippen molar-refractivity contribution < 1.29 is 0 Å². The molecule has 0 atom stereocenters. The van der Waals surface area contributed by atoms with Crippen LogP contribution in [-0.4, -0.2) is 6.72 Å². The van der Waals surface area contributed by atoms with Crippen LogP contribution in [0.15, 0.2) is 28.9 Å². The van der Waals surface area contributed by atoms with E-state index < -0.39 is 0 Å². The first-order chi connectivity index (χ1) is 5.29. The molecule has 0 aromatic carbocycles. The topological polar surface area (TPSA) is 59.9 Å². The molecule has 3 heteroatoms. The van der Waals surface area contributed by atoms with Gasteiger partial charge in [0, 0.05) is 5.57 Å². The smallest absolute Gasteiger partial charge is 0.143 e. The molecular weight excluding hydrogens is 138 g/mol. The predicted molar refractivity (Wildman–Crippen MR) is 42.6 cm³/mol. The highest BCUT2D eigenvalue weighted by molar-refractivity contribution is 5.41. The third kappa shape index (κ3) is 2.47. The van der Waals surface area contributed by atoms with Crippen molar-refractivity contribution in [3.8, 4) is 12.1 Å². The van der Waals surface area contributed by atoms with Crippen molar-refractivity contribution in [2.24, 2.45) is 4.99 Å². The van der Waals surface area contributed by atoms with Gasteiger partial charge in [-0.3, -0.25) is 4.99 Å². The first-order valence-electron chi connectivity index (χ1n) is 2.89. The van der Waals surface area contributed by atoms with Crippen LogP contribution < -0.4 is 0 Å². The van der Waals surface area contributed by atoms with Gasteiger partial charge in [-0.25, -0.2) is 0 Å². The summed E-state index contributed by atoms with van der Waals surface area (Å²) in [6, 6.07) is 3.72. The number of hydrogen-bond acceptors (Lipinski definition) is 3. The zero-order valence-corrected chi connectivity index (χ0v) is 6.04. The highest BCUT2D eigenvalue weighted by Gasteiger charge is 1.98. The second kappa shape index (κ2) is 4.96. The largest absolute Gasteiger partial charge is 0.253 e. The lowest BCUT2D eigenvalue weighted by Gasteiger charge is -1.93. The molecule has 0 N–H and O–H groups in total. The Balaban J connectivity index is 4.83. The number of allylic oxidation sites excluding steroid dienone is 3. The second-order valence-corrected chi connectivity index (χ2v) is 1.68. The van der Waals surface area contributed by atoms with Gasteiger partial charge in [0.15, 0.2) is 0 Å². The lowest BCUT2D eigenvalue weighted by atomic mass is 10.1. The molecule has 0 aromatic heterocycles. The Morgan fingerprint density at radius 3 is 2.45 bits per heavy atom. The molecule has 0 saturated carbocycles. The maximum absolute atomic E-state index is 8.46. The van der Waals surface area contributed by atoms with E-state index in [9.17, 15) is 0 Å². The van der Waals surface area contributed by atoms with E-state index in [1.165, 1.54) is 6.08 Å². The predicted octanol–water partition coefficient (Wildman–Crippen LogP) is 1.56. The van der Waals surface area contributed by atoms with Gasteiger partial charge in [-0.2, -0.15) is 10.5 Å². The Hall–Kier alpha value is -1.87. The van der Waals surface area contributed by atoms with Gasteiger partial charge in [-0.15, -0.1) is 0 Å². The van der Waals surface area contributed by atoms with Crippen molar-refractivity contribution in [1.29, 1.82) is 10.5 Å². The summed E-state index contributed by atoms with van der Waals surface area (Å²) in [5.41, 5.74) is 0.687. The molecule has 0 radical (unpaired) electrons. The SMILES string of the molecule is C=C/C(CC#N)=C(/C#N)N=C. The van der Waals surface area contributed by atoms with Crippen LogP contribution >= 0.6 is 0 Å². The molecule has 0 aliphatic carbocycles. The summed E-state index contributed by atoms with van der Waals surface area (Å²) in [5.74, 6) is 0. The zero-order chi connectivity index (χ0) is 8.69. The maximum atomic E-state index is 8.46. The molecule has 0 rings (SSSR count). The van der Waals surface area contributed by atoms with Crippen LogP contribution in [0.4, 0.5) is 0 Å². The van der Waals surface area contributed by atoms with Gasteiger partial charge in [0.1, 0.15) is 11.8 Å². The van der Waals surface area contributed by atoms with E-state index in [1.807, 2.05) is 12.1 Å². The van der Waals surface area contributed by atoms with Crippen LogP contribution in [-0.2, 0) is 0 Å². The second-order valence-electron chi connectivity index (χ2n) is 1.68. The van der Waals surface area contributed by atoms with Crippen molar-refractivity contribution >= 4 is 6.72 Å². The third-order valence-corrected chi connectivity index (χ3v) is 1.08. The van der Waals surface area contributed by atoms with Gasteiger partial charge < -0.3 is 0 Å². The summed E-state index contributed by atoms with van der Waals surface area (Å²) in [5, 5.41) is 16.8. The number of hydrogen-bond donors (Lipinski definition) is 0. The molecule has 54 valence electrons. The summed E-state index contributed by atoms with van der Waals surface area (Å²) in [6.45, 7) is 6.64. The van der Waals surface area contributed by atoms with Crippen LogP contribution in [0.5, 0.6) is 0 Å². The van der Waals surface area contributed by atoms with E-state index in [4.69, 9.17) is 10.5 Å². The minimum Gasteiger partial charge on any atom is -0.253 e. The molecular formula is C8H7N3. The van der Waals surface area contributed by atoms with Crippen LogP contribution in [0.25, 0.3) is 0 Å². The van der Waals surface area contributed by atoms with Gasteiger partial charge in [0.2, 0.25) is 0 Å². The Kier molecular flexibility index (Phi) is 4.12. The van der Waals surface area contributed by atoms with E-state index >= 15 is 0 Å². The molecule has 0 heterocycles. The fraction of sp³-hybridized carbons (Fsp3) is 0.125. The summed E-state index contributed by atoms with van der Waals surface area (Å²) < 4.78 is 0. The van der Waals surface area contributed by atoms with Gasteiger partial charge >= 0.3 is 0 Å². The molecule has 0 saturated heterocycles. The quantitative estimate of drug-likeness (QED) is 0.343. The normalized spacial score (nSPS) is 10.4. The fourth-order valence-electron chi connectivity index (χ4n) is 0.546. The highest BCUT2D eigenvalue weighted by Crippen LogP contribution is 2.08. The molecule has 0 spiro atoms. The number of aliphatic imine (C=N–C) groups is 1. The van der Waals surface area contributed by atoms with E-state index in [2.05, 4.69) is 18.3 Å². The van der Waals surface area contributed by atoms with Gasteiger partial charge in [0.05, 0.1) is 12.5 Å². The zero-order valence-electron chi connectivity index (χ0n) is 6.04. The van der Waals surface area contributed by atoms with E-state index in [0.717, 1.165) is 0 Å². The Morgan fingerprint density at radius 2 is 2.18 bits per heavy atom. The standard InChI is InChI=1S/C8H7N3/c1-3-7(4-5-9)8(6-10)11-2/h3H,1-2,4H2/b8-7+. The average molecular weight is 145 g/mol. The first kappa shape index (κ1) is 9.13. The van der Waals surface area contributed by atoms with Gasteiger partial charge in [-0.05, 0) is 6.72 Å². The maximum Gasteiger partial charge on any atom is 0.143 e. The molecule has 0 aromatic rings. The summed E-state index contributed by atoms with van der Waals surface area (Å²) >= 11 is 0. The Labute approximate surface area is 65.6 Å². The summed E-state index contributed by atoms with van der Waals surface area (Å²) in [6.07, 6.45) is 1.59. The van der Waals surface area contributed by atoms with E-state index in [1.54, 1.807) is 0 Å². The first-order valence-corrected chi connectivity index (χ1v) is 2.89. The molecule has 0 unspecified atom stereocenters. The minimum absolute atomic E-state index is 0.144. The lowest BCUT2D eigenvalue weighted by Crippen LogP contribution is -1.82. The summed E-state index contributed by atoms with van der Waals surface area (Å²) in [4.78, 5) is 3.44. The van der Waals surface area contributed by atoms with Crippen molar-refractivity contribution in [2.45, 2.75) is 6.42 Å². The van der Waals surface area contributed by atoms with Crippen LogP contribution in [0.1, 0.15) is 6.42 Å². The van der Waals surface area contributed by atoms with E-state index in [0.29, 0.717) is 5.57 Å².